The number of hydrogen-bond donors (Lipinski definition) is 2. The number of nitrogens with one attached hydrogen (secondary N) is 1. The van der Waals surface area contributed by atoms with Gasteiger partial charge in [0, 0.05) is 6.54 Å². The number of amides is 1. The molecule has 1 aromatic carbocycles. The van der Waals surface area contributed by atoms with E-state index in [1.807, 2.05) is 13.0 Å². The van der Waals surface area contributed by atoms with Gasteiger partial charge in [-0.25, -0.2) is 0 Å². The van der Waals surface area contributed by atoms with Crippen molar-refractivity contribution in [3.63, 3.8) is 0 Å². The number of carbonyl (C=O) groups is 2. The van der Waals surface area contributed by atoms with Crippen LogP contribution in [0.25, 0.3) is 0 Å². The summed E-state index contributed by atoms with van der Waals surface area (Å²) in [7, 11) is 0. The third kappa shape index (κ3) is 3.20. The molecule has 0 aliphatic carbocycles. The van der Waals surface area contributed by atoms with Crippen LogP contribution in [0.3, 0.4) is 0 Å². The summed E-state index contributed by atoms with van der Waals surface area (Å²) in [5.41, 5.74) is 0.703. The average Bonchev–Trinajstić information content (AvgIpc) is 2.44. The molecule has 1 unspecified atom stereocenters. The minimum Gasteiger partial charge on any atom is -0.480 e. The summed E-state index contributed by atoms with van der Waals surface area (Å²) in [4.78, 5) is 24.6. The highest BCUT2D eigenvalue weighted by atomic mass is 16.5. The van der Waals surface area contributed by atoms with Crippen LogP contribution in [0.5, 0.6) is 5.75 Å². The van der Waals surface area contributed by atoms with E-state index in [9.17, 15) is 9.59 Å². The molecule has 1 aliphatic rings. The average molecular weight is 278 g/mol. The molecule has 0 saturated heterocycles. The number of hydrogen-bond acceptors (Lipinski definition) is 4. The number of rotatable bonds is 5. The van der Waals surface area contributed by atoms with Crippen molar-refractivity contribution in [2.45, 2.75) is 19.4 Å². The van der Waals surface area contributed by atoms with Gasteiger partial charge in [0.05, 0.1) is 12.2 Å². The van der Waals surface area contributed by atoms with Crippen molar-refractivity contribution in [2.75, 3.05) is 24.5 Å². The molecule has 1 atom stereocenters. The van der Waals surface area contributed by atoms with Crippen LogP contribution in [0.1, 0.15) is 13.3 Å². The number of carbonyl (C=O) groups excluding carboxylic acids is 1. The molecule has 20 heavy (non-hydrogen) atoms. The lowest BCUT2D eigenvalue weighted by Crippen LogP contribution is -2.50. The molecule has 2 rings (SSSR count). The maximum absolute atomic E-state index is 12.0. The molecule has 0 spiro atoms. The number of fused-ring (bicyclic) bond motifs is 1. The molecular weight excluding hydrogens is 260 g/mol. The number of benzene rings is 1. The van der Waals surface area contributed by atoms with E-state index in [4.69, 9.17) is 9.84 Å². The first-order chi connectivity index (χ1) is 9.61. The third-order valence-corrected chi connectivity index (χ3v) is 3.03. The molecule has 0 radical (unpaired) electrons. The first-order valence-corrected chi connectivity index (χ1v) is 6.62. The first kappa shape index (κ1) is 14.2. The summed E-state index contributed by atoms with van der Waals surface area (Å²) in [6.07, 6.45) is 0.157. The maximum Gasteiger partial charge on any atom is 0.323 e. The number of carboxylic acid groups (broad SMARTS) is 1. The van der Waals surface area contributed by atoms with Gasteiger partial charge in [-0.15, -0.1) is 0 Å². The number of aliphatic carboxylic acids is 1. The quantitative estimate of drug-likeness (QED) is 0.835. The Morgan fingerprint density at radius 1 is 1.45 bits per heavy atom. The summed E-state index contributed by atoms with van der Waals surface area (Å²) < 4.78 is 5.66. The first-order valence-electron chi connectivity index (χ1n) is 6.62. The van der Waals surface area contributed by atoms with Gasteiger partial charge >= 0.3 is 5.97 Å². The van der Waals surface area contributed by atoms with Crippen molar-refractivity contribution in [2.24, 2.45) is 0 Å². The molecule has 0 aromatic heterocycles. The lowest BCUT2D eigenvalue weighted by atomic mass is 10.1. The Hall–Kier alpha value is -2.24. The van der Waals surface area contributed by atoms with Gasteiger partial charge < -0.3 is 20.1 Å². The molecule has 1 amide bonds. The van der Waals surface area contributed by atoms with Crippen molar-refractivity contribution >= 4 is 17.6 Å². The number of ether oxygens (including phenoxy) is 1. The molecular formula is C14H18N2O4. The molecule has 0 saturated carbocycles. The zero-order valence-corrected chi connectivity index (χ0v) is 11.3. The number of anilines is 1. The summed E-state index contributed by atoms with van der Waals surface area (Å²) in [6.45, 7) is 2.63. The van der Waals surface area contributed by atoms with Gasteiger partial charge in [0.25, 0.3) is 5.91 Å². The number of para-hydroxylation sites is 2. The highest BCUT2D eigenvalue weighted by Crippen LogP contribution is 2.32. The predicted molar refractivity (Wildman–Crippen MR) is 74.0 cm³/mol. The zero-order chi connectivity index (χ0) is 14.5. The Bertz CT molecular complexity index is 504. The largest absolute Gasteiger partial charge is 0.480 e. The van der Waals surface area contributed by atoms with Crippen LogP contribution in [0.2, 0.25) is 0 Å². The molecule has 1 heterocycles. The highest BCUT2D eigenvalue weighted by Gasteiger charge is 2.31. The van der Waals surface area contributed by atoms with E-state index in [1.165, 1.54) is 0 Å². The monoisotopic (exact) mass is 278 g/mol. The standard InChI is InChI=1S/C14H18N2O4/c1-2-7-15-14(19)12-8-16(9-13(17)18)10-5-3-4-6-11(10)20-12/h3-6,12H,2,7-9H2,1H3,(H,15,19)(H,17,18). The third-order valence-electron chi connectivity index (χ3n) is 3.03. The lowest BCUT2D eigenvalue weighted by molar-refractivity contribution is -0.136. The normalized spacial score (nSPS) is 17.1. The molecule has 6 nitrogen and oxygen atoms in total. The van der Waals surface area contributed by atoms with Crippen LogP contribution in [-0.2, 0) is 9.59 Å². The van der Waals surface area contributed by atoms with E-state index in [0.717, 1.165) is 6.42 Å². The van der Waals surface area contributed by atoms with E-state index in [0.29, 0.717) is 18.0 Å². The fourth-order valence-electron chi connectivity index (χ4n) is 2.12. The van der Waals surface area contributed by atoms with E-state index in [1.54, 1.807) is 23.1 Å². The van der Waals surface area contributed by atoms with Gasteiger partial charge in [-0.1, -0.05) is 19.1 Å². The second-order valence-electron chi connectivity index (χ2n) is 4.64. The van der Waals surface area contributed by atoms with Crippen LogP contribution in [0.4, 0.5) is 5.69 Å². The van der Waals surface area contributed by atoms with Crippen molar-refractivity contribution < 1.29 is 19.4 Å². The maximum atomic E-state index is 12.0. The van der Waals surface area contributed by atoms with Crippen molar-refractivity contribution in [1.29, 1.82) is 0 Å². The molecule has 0 bridgehead atoms. The van der Waals surface area contributed by atoms with E-state index in [-0.39, 0.29) is 19.0 Å². The second kappa shape index (κ2) is 6.27. The van der Waals surface area contributed by atoms with Gasteiger partial charge in [0.2, 0.25) is 0 Å². The van der Waals surface area contributed by atoms with E-state index in [2.05, 4.69) is 5.32 Å². The van der Waals surface area contributed by atoms with Gasteiger partial charge in [-0.2, -0.15) is 0 Å². The van der Waals surface area contributed by atoms with Crippen LogP contribution < -0.4 is 15.0 Å². The molecule has 6 heteroatoms. The molecule has 1 aliphatic heterocycles. The fraction of sp³-hybridized carbons (Fsp3) is 0.429. The van der Waals surface area contributed by atoms with E-state index < -0.39 is 12.1 Å². The number of carboxylic acids is 1. The van der Waals surface area contributed by atoms with Gasteiger partial charge in [-0.3, -0.25) is 9.59 Å². The summed E-state index contributed by atoms with van der Waals surface area (Å²) in [5.74, 6) is -0.609. The van der Waals surface area contributed by atoms with Crippen molar-refractivity contribution in [1.82, 2.24) is 5.32 Å². The van der Waals surface area contributed by atoms with E-state index >= 15 is 0 Å². The summed E-state index contributed by atoms with van der Waals surface area (Å²) in [5, 5.41) is 11.7. The Morgan fingerprint density at radius 2 is 2.20 bits per heavy atom. The molecule has 108 valence electrons. The minimum absolute atomic E-state index is 0.155. The lowest BCUT2D eigenvalue weighted by Gasteiger charge is -2.34. The topological polar surface area (TPSA) is 78.9 Å². The Kier molecular flexibility index (Phi) is 4.45. The van der Waals surface area contributed by atoms with Gasteiger partial charge in [0.15, 0.2) is 6.10 Å². The second-order valence-corrected chi connectivity index (χ2v) is 4.64. The fourth-order valence-corrected chi connectivity index (χ4v) is 2.12. The smallest absolute Gasteiger partial charge is 0.323 e. The SMILES string of the molecule is CCCNC(=O)C1CN(CC(=O)O)c2ccccc2O1. The molecule has 0 fully saturated rings. The Morgan fingerprint density at radius 3 is 2.90 bits per heavy atom. The summed E-state index contributed by atoms with van der Waals surface area (Å²) in [6, 6.07) is 7.14. The highest BCUT2D eigenvalue weighted by molar-refractivity contribution is 5.84. The Balaban J connectivity index is 2.17. The molecule has 1 aromatic rings. The minimum atomic E-state index is -0.936. The van der Waals surface area contributed by atoms with Crippen LogP contribution in [-0.4, -0.2) is 42.7 Å². The predicted octanol–water partition coefficient (Wildman–Crippen LogP) is 0.865. The van der Waals surface area contributed by atoms with Gasteiger partial charge in [-0.05, 0) is 18.6 Å². The van der Waals surface area contributed by atoms with Crippen LogP contribution >= 0.6 is 0 Å². The number of nitrogens with zero attached hydrogens (tertiary/aromatic N) is 1. The van der Waals surface area contributed by atoms with Gasteiger partial charge in [0.1, 0.15) is 12.3 Å². The molecule has 2 N–H and O–H groups in total. The van der Waals surface area contributed by atoms with Crippen LogP contribution in [0, 0.1) is 0 Å². The van der Waals surface area contributed by atoms with Crippen molar-refractivity contribution in [3.8, 4) is 5.75 Å². The van der Waals surface area contributed by atoms with Crippen LogP contribution in [0.15, 0.2) is 24.3 Å². The zero-order valence-electron chi connectivity index (χ0n) is 11.3. The summed E-state index contributed by atoms with van der Waals surface area (Å²) >= 11 is 0. The Labute approximate surface area is 117 Å². The van der Waals surface area contributed by atoms with Crippen molar-refractivity contribution in [3.05, 3.63) is 24.3 Å².